The molecule has 0 radical (unpaired) electrons. The molecule has 0 aliphatic heterocycles. The molecule has 0 bridgehead atoms. The fraction of sp³-hybridized carbons (Fsp3) is 0. The molecule has 0 aliphatic rings. The normalized spacial score (nSPS) is 0. The molecule has 0 fully saturated rings. The van der Waals surface area contributed by atoms with Gasteiger partial charge >= 0.3 is 0 Å². The third-order valence-corrected chi connectivity index (χ3v) is 0. The fourth-order valence-corrected chi connectivity index (χ4v) is 0. The van der Waals surface area contributed by atoms with Crippen molar-refractivity contribution in [1.29, 1.82) is 0 Å². The van der Waals surface area contributed by atoms with Gasteiger partial charge in [-0.25, -0.2) is 0 Å². The molecule has 0 aliphatic carbocycles. The Morgan fingerprint density at radius 2 is 0.250 bits per heavy atom. The average molecular weight is 143 g/mol. The van der Waals surface area contributed by atoms with Crippen LogP contribution in [0.5, 0.6) is 0 Å². The van der Waals surface area contributed by atoms with E-state index in [1.807, 2.05) is 0 Å². The SMILES string of the molecule is N.O.O.O.O.O.O.O. The van der Waals surface area contributed by atoms with Gasteiger partial charge in [-0.1, -0.05) is 0 Å². The maximum Gasteiger partial charge on any atom is -0.344 e. The molecule has 17 N–H and O–H groups in total. The summed E-state index contributed by atoms with van der Waals surface area (Å²) in [4.78, 5) is 0. The molecule has 8 nitrogen and oxygen atoms in total. The maximum absolute atomic E-state index is 0. The zero-order chi connectivity index (χ0) is 0. The van der Waals surface area contributed by atoms with Crippen molar-refractivity contribution in [3.63, 3.8) is 0 Å². The predicted molar refractivity (Wildman–Crippen MR) is 30.3 cm³/mol. The summed E-state index contributed by atoms with van der Waals surface area (Å²) in [5, 5.41) is 0. The molecular weight excluding hydrogens is 126 g/mol. The van der Waals surface area contributed by atoms with Crippen LogP contribution in [-0.4, -0.2) is 38.3 Å². The highest BCUT2D eigenvalue weighted by Crippen LogP contribution is -0.283. The highest BCUT2D eigenvalue weighted by molar-refractivity contribution is 2.13. The lowest BCUT2D eigenvalue weighted by atomic mass is 14.0. The third kappa shape index (κ3) is 1210. The summed E-state index contributed by atoms with van der Waals surface area (Å²) in [6.07, 6.45) is 0. The highest BCUT2D eigenvalue weighted by atomic mass is 16.0. The van der Waals surface area contributed by atoms with Gasteiger partial charge in [0.2, 0.25) is 0 Å². The molecule has 0 atom stereocenters. The number of hydrogen-bond acceptors (Lipinski definition) is 1. The van der Waals surface area contributed by atoms with Gasteiger partial charge < -0.3 is 44.5 Å². The number of rotatable bonds is 0. The number of hydrogen-bond donors (Lipinski definition) is 1. The summed E-state index contributed by atoms with van der Waals surface area (Å²) >= 11 is 0. The zero-order valence-corrected chi connectivity index (χ0v) is 4.21. The van der Waals surface area contributed by atoms with Crippen LogP contribution in [0.25, 0.3) is 0 Å². The molecule has 0 aromatic rings. The van der Waals surface area contributed by atoms with Crippen LogP contribution >= 0.6 is 0 Å². The van der Waals surface area contributed by atoms with Crippen LogP contribution in [0.1, 0.15) is 0 Å². The molecule has 0 rings (SSSR count). The monoisotopic (exact) mass is 143 g/mol. The van der Waals surface area contributed by atoms with E-state index < -0.39 is 0 Å². The van der Waals surface area contributed by atoms with Gasteiger partial charge in [-0.15, -0.1) is 0 Å². The maximum atomic E-state index is 0. The van der Waals surface area contributed by atoms with E-state index in [0.717, 1.165) is 0 Å². The smallest absolute Gasteiger partial charge is 0.344 e. The van der Waals surface area contributed by atoms with Crippen LogP contribution in [-0.2, 0) is 0 Å². The molecule has 0 aromatic carbocycles. The molecule has 0 saturated heterocycles. The minimum atomic E-state index is 0. The van der Waals surface area contributed by atoms with Crippen molar-refractivity contribution in [1.82, 2.24) is 6.15 Å². The van der Waals surface area contributed by atoms with Crippen LogP contribution in [0.15, 0.2) is 0 Å². The molecule has 0 saturated carbocycles. The van der Waals surface area contributed by atoms with E-state index in [9.17, 15) is 0 Å². The standard InChI is InChI=1S/H3N.7H2O/h1H3;7*1H2. The molecule has 8 heteroatoms. The fourth-order valence-electron chi connectivity index (χ4n) is 0. The molecule has 8 heavy (non-hydrogen) atoms. The first-order valence-corrected chi connectivity index (χ1v) is 0. The first-order valence-electron chi connectivity index (χ1n) is 0. The van der Waals surface area contributed by atoms with E-state index in [-0.39, 0.29) is 44.5 Å². The summed E-state index contributed by atoms with van der Waals surface area (Å²) in [6, 6.07) is 0. The van der Waals surface area contributed by atoms with E-state index in [1.54, 1.807) is 0 Å². The molecule has 0 spiro atoms. The minimum Gasteiger partial charge on any atom is -0.412 e. The Morgan fingerprint density at radius 1 is 0.250 bits per heavy atom. The molecule has 0 heterocycles. The lowest BCUT2D eigenvalue weighted by molar-refractivity contribution is 0.823. The Labute approximate surface area is 45.9 Å². The van der Waals surface area contributed by atoms with Gasteiger partial charge in [-0.2, -0.15) is 0 Å². The summed E-state index contributed by atoms with van der Waals surface area (Å²) < 4.78 is 0. The lowest BCUT2D eigenvalue weighted by Crippen LogP contribution is -0.481. The highest BCUT2D eigenvalue weighted by Gasteiger charge is -0.344. The Bertz CT molecular complexity index is 4.35. The molecule has 0 unspecified atom stereocenters. The predicted octanol–water partition coefficient (Wildman–Crippen LogP) is -5.61. The second-order valence-electron chi connectivity index (χ2n) is 0. The summed E-state index contributed by atoms with van der Waals surface area (Å²) in [7, 11) is 0. The Kier molecular flexibility index (Phi) is 880000. The molecule has 0 amide bonds. The van der Waals surface area contributed by atoms with E-state index in [4.69, 9.17) is 0 Å². The summed E-state index contributed by atoms with van der Waals surface area (Å²) in [6.45, 7) is 0. The summed E-state index contributed by atoms with van der Waals surface area (Å²) in [5.74, 6) is 0. The molecule has 0 aromatic heterocycles. The van der Waals surface area contributed by atoms with Gasteiger partial charge in [0, 0.05) is 0 Å². The van der Waals surface area contributed by atoms with Gasteiger partial charge in [0.25, 0.3) is 0 Å². The van der Waals surface area contributed by atoms with Crippen LogP contribution in [0, 0.1) is 0 Å². The van der Waals surface area contributed by atoms with E-state index in [2.05, 4.69) is 0 Å². The van der Waals surface area contributed by atoms with Crippen molar-refractivity contribution in [3.05, 3.63) is 0 Å². The van der Waals surface area contributed by atoms with Gasteiger partial charge in [-0.3, -0.25) is 0 Å². The summed E-state index contributed by atoms with van der Waals surface area (Å²) in [5.41, 5.74) is 0. The van der Waals surface area contributed by atoms with E-state index >= 15 is 0 Å². The lowest BCUT2D eigenvalue weighted by Gasteiger charge is -0.413. The van der Waals surface area contributed by atoms with Gasteiger partial charge in [0.05, 0.1) is 0 Å². The topological polar surface area (TPSA) is 256 Å². The van der Waals surface area contributed by atoms with Gasteiger partial charge in [-0.05, 0) is 0 Å². The average Bonchev–Trinajstić information content (AvgIpc) is 0. The van der Waals surface area contributed by atoms with Crippen molar-refractivity contribution in [2.75, 3.05) is 0 Å². The van der Waals surface area contributed by atoms with Crippen LogP contribution < -0.4 is 6.15 Å². The Hall–Kier alpha value is -0.320. The van der Waals surface area contributed by atoms with Gasteiger partial charge in [0.1, 0.15) is 0 Å². The van der Waals surface area contributed by atoms with Crippen LogP contribution in [0.2, 0.25) is 0 Å². The second kappa shape index (κ2) is 2100. The third-order valence-electron chi connectivity index (χ3n) is 0. The van der Waals surface area contributed by atoms with Crippen molar-refractivity contribution in [2.24, 2.45) is 0 Å². The quantitative estimate of drug-likeness (QED) is 0.341. The van der Waals surface area contributed by atoms with E-state index in [1.165, 1.54) is 0 Å². The van der Waals surface area contributed by atoms with Crippen molar-refractivity contribution < 1.29 is 38.3 Å². The van der Waals surface area contributed by atoms with Crippen molar-refractivity contribution in [3.8, 4) is 0 Å². The first-order chi connectivity index (χ1) is 0. The first kappa shape index (κ1) is 3350. The zero-order valence-electron chi connectivity index (χ0n) is 4.21. The van der Waals surface area contributed by atoms with Crippen molar-refractivity contribution >= 4 is 0 Å². The Balaban J connectivity index is 0. The molecular formula is H17NO7. The van der Waals surface area contributed by atoms with Crippen LogP contribution in [0.4, 0.5) is 0 Å². The van der Waals surface area contributed by atoms with Crippen LogP contribution in [0.3, 0.4) is 0 Å². The van der Waals surface area contributed by atoms with Gasteiger partial charge in [0.15, 0.2) is 0 Å². The second-order valence-corrected chi connectivity index (χ2v) is 0. The van der Waals surface area contributed by atoms with E-state index in [0.29, 0.717) is 0 Å². The molecule has 64 valence electrons. The Morgan fingerprint density at radius 3 is 0.250 bits per heavy atom. The van der Waals surface area contributed by atoms with Crippen molar-refractivity contribution in [2.45, 2.75) is 0 Å². The largest absolute Gasteiger partial charge is 0.412 e. The minimum absolute atomic E-state index is 0.